The zero-order valence-corrected chi connectivity index (χ0v) is 12.7. The highest BCUT2D eigenvalue weighted by molar-refractivity contribution is 5.98. The van der Waals surface area contributed by atoms with Crippen molar-refractivity contribution < 1.29 is 9.59 Å². The lowest BCUT2D eigenvalue weighted by molar-refractivity contribution is 0.0989. The Morgan fingerprint density at radius 2 is 1.80 bits per heavy atom. The van der Waals surface area contributed by atoms with Gasteiger partial charge in [0.15, 0.2) is 5.69 Å². The molecule has 0 fully saturated rings. The van der Waals surface area contributed by atoms with Gasteiger partial charge in [-0.1, -0.05) is 5.21 Å². The summed E-state index contributed by atoms with van der Waals surface area (Å²) in [6.45, 7) is 0. The number of carbonyl (C=O) groups is 2. The number of hydrogen-bond acceptors (Lipinski definition) is 8. The number of nitrogens with zero attached hydrogens (tertiary/aromatic N) is 5. The van der Waals surface area contributed by atoms with Crippen LogP contribution >= 0.6 is 0 Å². The van der Waals surface area contributed by atoms with E-state index in [4.69, 9.17) is 17.2 Å². The Morgan fingerprint density at radius 1 is 1.08 bits per heavy atom. The van der Waals surface area contributed by atoms with E-state index in [1.807, 2.05) is 0 Å². The molecule has 11 nitrogen and oxygen atoms in total. The van der Waals surface area contributed by atoms with Crippen LogP contribution < -0.4 is 22.5 Å². The second-order valence-electron chi connectivity index (χ2n) is 4.94. The lowest BCUT2D eigenvalue weighted by atomic mass is 10.2. The van der Waals surface area contributed by atoms with Crippen LogP contribution in [0.2, 0.25) is 0 Å². The molecular formula is C14H13N9O2. The predicted molar refractivity (Wildman–Crippen MR) is 88.1 cm³/mol. The summed E-state index contributed by atoms with van der Waals surface area (Å²) >= 11 is 0. The number of carbonyl (C=O) groups excluding carboxylic acids is 2. The summed E-state index contributed by atoms with van der Waals surface area (Å²) < 4.78 is 1.40. The van der Waals surface area contributed by atoms with E-state index < -0.39 is 11.8 Å². The fourth-order valence-electron chi connectivity index (χ4n) is 2.01. The number of primary amides is 2. The molecule has 2 amide bonds. The molecule has 0 atom stereocenters. The molecule has 0 radical (unpaired) electrons. The first kappa shape index (κ1) is 15.9. The Kier molecular flexibility index (Phi) is 3.95. The van der Waals surface area contributed by atoms with Crippen LogP contribution in [-0.4, -0.2) is 36.8 Å². The fraction of sp³-hybridized carbons (Fsp3) is 0. The minimum absolute atomic E-state index is 0.00529. The number of benzene rings is 1. The number of amides is 2. The minimum atomic E-state index is -0.680. The molecule has 1 aromatic carbocycles. The van der Waals surface area contributed by atoms with Gasteiger partial charge < -0.3 is 22.5 Å². The van der Waals surface area contributed by atoms with Gasteiger partial charge in [-0.25, -0.2) is 9.67 Å². The lowest BCUT2D eigenvalue weighted by Gasteiger charge is -2.10. The number of rotatable bonds is 5. The Hall–Kier alpha value is -4.02. The Balaban J connectivity index is 1.85. The van der Waals surface area contributed by atoms with Crippen LogP contribution in [-0.2, 0) is 0 Å². The first-order chi connectivity index (χ1) is 11.9. The van der Waals surface area contributed by atoms with Gasteiger partial charge in [0.1, 0.15) is 11.4 Å². The van der Waals surface area contributed by atoms with Crippen LogP contribution in [0.25, 0.3) is 5.69 Å². The Bertz CT molecular complexity index is 949. The molecule has 0 saturated heterocycles. The van der Waals surface area contributed by atoms with Crippen LogP contribution in [0.4, 0.5) is 17.5 Å². The van der Waals surface area contributed by atoms with Crippen molar-refractivity contribution in [1.29, 1.82) is 0 Å². The van der Waals surface area contributed by atoms with Crippen LogP contribution in [0, 0.1) is 0 Å². The fourth-order valence-corrected chi connectivity index (χ4v) is 2.01. The van der Waals surface area contributed by atoms with Gasteiger partial charge in [-0.2, -0.15) is 4.98 Å². The molecule has 3 aromatic rings. The van der Waals surface area contributed by atoms with Gasteiger partial charge in [-0.3, -0.25) is 9.59 Å². The van der Waals surface area contributed by atoms with Crippen molar-refractivity contribution in [3.8, 4) is 5.69 Å². The van der Waals surface area contributed by atoms with Crippen molar-refractivity contribution >= 4 is 29.3 Å². The van der Waals surface area contributed by atoms with Crippen molar-refractivity contribution in [2.75, 3.05) is 11.1 Å². The molecule has 11 heteroatoms. The number of hydrogen-bond donors (Lipinski definition) is 4. The smallest absolute Gasteiger partial charge is 0.270 e. The summed E-state index contributed by atoms with van der Waals surface area (Å²) in [6, 6.07) is 6.86. The first-order valence-electron chi connectivity index (χ1n) is 6.96. The molecular weight excluding hydrogens is 326 g/mol. The van der Waals surface area contributed by atoms with E-state index in [1.165, 1.54) is 17.1 Å². The Labute approximate surface area is 140 Å². The summed E-state index contributed by atoms with van der Waals surface area (Å²) in [5, 5.41) is 10.4. The molecule has 0 aliphatic heterocycles. The largest absolute Gasteiger partial charge is 0.368 e. The average Bonchev–Trinajstić information content (AvgIpc) is 3.05. The molecule has 0 bridgehead atoms. The number of nitrogens with two attached hydrogens (primary N) is 3. The highest BCUT2D eigenvalue weighted by atomic mass is 16.1. The van der Waals surface area contributed by atoms with Gasteiger partial charge in [-0.15, -0.1) is 5.10 Å². The maximum Gasteiger partial charge on any atom is 0.270 e. The van der Waals surface area contributed by atoms with Crippen molar-refractivity contribution in [1.82, 2.24) is 25.0 Å². The van der Waals surface area contributed by atoms with Gasteiger partial charge >= 0.3 is 0 Å². The number of aromatic nitrogens is 5. The van der Waals surface area contributed by atoms with E-state index in [0.717, 1.165) is 0 Å². The number of anilines is 3. The zero-order valence-electron chi connectivity index (χ0n) is 12.7. The second kappa shape index (κ2) is 6.23. The third-order valence-corrected chi connectivity index (χ3v) is 3.21. The summed E-state index contributed by atoms with van der Waals surface area (Å²) in [4.78, 5) is 30.2. The van der Waals surface area contributed by atoms with Crippen molar-refractivity contribution in [2.24, 2.45) is 11.5 Å². The SMILES string of the molecule is NC(=O)c1cn(-c2ccc(Nc3nc(N)ncc3C(N)=O)cc2)nn1. The monoisotopic (exact) mass is 339 g/mol. The van der Waals surface area contributed by atoms with Gasteiger partial charge in [-0.05, 0) is 24.3 Å². The standard InChI is InChI=1S/C14H13N9O2/c15-11(24)9-5-18-14(17)20-13(9)19-7-1-3-8(4-2-7)23-6-10(12(16)25)21-22-23/h1-6H,(H2,15,24)(H2,16,25)(H3,17,18,19,20). The Morgan fingerprint density at radius 3 is 2.40 bits per heavy atom. The average molecular weight is 339 g/mol. The van der Waals surface area contributed by atoms with E-state index >= 15 is 0 Å². The summed E-state index contributed by atoms with van der Waals surface area (Å²) in [5.41, 5.74) is 17.4. The minimum Gasteiger partial charge on any atom is -0.368 e. The van der Waals surface area contributed by atoms with E-state index in [-0.39, 0.29) is 23.0 Å². The van der Waals surface area contributed by atoms with Crippen molar-refractivity contribution in [2.45, 2.75) is 0 Å². The molecule has 0 saturated carbocycles. The van der Waals surface area contributed by atoms with Crippen LogP contribution in [0.1, 0.15) is 20.8 Å². The quantitative estimate of drug-likeness (QED) is 0.483. The third kappa shape index (κ3) is 3.34. The zero-order chi connectivity index (χ0) is 18.0. The van der Waals surface area contributed by atoms with Crippen LogP contribution in [0.3, 0.4) is 0 Å². The van der Waals surface area contributed by atoms with E-state index in [1.54, 1.807) is 24.3 Å². The third-order valence-electron chi connectivity index (χ3n) is 3.21. The predicted octanol–water partition coefficient (Wildman–Crippen LogP) is -0.419. The molecule has 2 aromatic heterocycles. The highest BCUT2D eigenvalue weighted by Gasteiger charge is 2.12. The molecule has 2 heterocycles. The molecule has 3 rings (SSSR count). The normalized spacial score (nSPS) is 10.4. The summed E-state index contributed by atoms with van der Waals surface area (Å²) in [5.74, 6) is -1.14. The number of nitrogens with one attached hydrogen (secondary N) is 1. The lowest BCUT2D eigenvalue weighted by Crippen LogP contribution is -2.15. The summed E-state index contributed by atoms with van der Waals surface area (Å²) in [6.07, 6.45) is 2.67. The molecule has 0 aliphatic rings. The van der Waals surface area contributed by atoms with Gasteiger partial charge in [0.25, 0.3) is 11.8 Å². The maximum atomic E-state index is 11.4. The van der Waals surface area contributed by atoms with Crippen LogP contribution in [0.15, 0.2) is 36.7 Å². The van der Waals surface area contributed by atoms with E-state index in [9.17, 15) is 9.59 Å². The molecule has 7 N–H and O–H groups in total. The molecule has 0 spiro atoms. The maximum absolute atomic E-state index is 11.4. The molecule has 126 valence electrons. The second-order valence-corrected chi connectivity index (χ2v) is 4.94. The highest BCUT2D eigenvalue weighted by Crippen LogP contribution is 2.20. The number of nitrogen functional groups attached to an aromatic ring is 1. The van der Waals surface area contributed by atoms with Gasteiger partial charge in [0.05, 0.1) is 11.9 Å². The van der Waals surface area contributed by atoms with Crippen molar-refractivity contribution in [3.05, 3.63) is 47.9 Å². The van der Waals surface area contributed by atoms with E-state index in [0.29, 0.717) is 11.4 Å². The van der Waals surface area contributed by atoms with Crippen molar-refractivity contribution in [3.63, 3.8) is 0 Å². The first-order valence-corrected chi connectivity index (χ1v) is 6.96. The van der Waals surface area contributed by atoms with E-state index in [2.05, 4.69) is 25.6 Å². The molecule has 0 aliphatic carbocycles. The van der Waals surface area contributed by atoms with Gasteiger partial charge in [0.2, 0.25) is 5.95 Å². The molecule has 0 unspecified atom stereocenters. The molecule has 25 heavy (non-hydrogen) atoms. The topological polar surface area (TPSA) is 181 Å². The van der Waals surface area contributed by atoms with Crippen LogP contribution in [0.5, 0.6) is 0 Å². The summed E-state index contributed by atoms with van der Waals surface area (Å²) in [7, 11) is 0. The van der Waals surface area contributed by atoms with Gasteiger partial charge in [0, 0.05) is 11.9 Å².